The van der Waals surface area contributed by atoms with Gasteiger partial charge >= 0.3 is 0 Å². The van der Waals surface area contributed by atoms with E-state index in [1.54, 1.807) is 12.1 Å². The standard InChI is InChI=1S/C20H26F2N2OS/c1-4-24(5-2)12-6-7-14(3)23-20(25)19-11-10-18(26-19)15-8-9-16(21)17(22)13-15/h8-11,13-14H,4-7,12H2,1-3H3,(H,23,25). The summed E-state index contributed by atoms with van der Waals surface area (Å²) in [6.45, 7) is 9.42. The van der Waals surface area contributed by atoms with Gasteiger partial charge in [0.05, 0.1) is 4.88 Å². The van der Waals surface area contributed by atoms with Crippen molar-refractivity contribution in [2.45, 2.75) is 39.7 Å². The fourth-order valence-corrected chi connectivity index (χ4v) is 3.70. The van der Waals surface area contributed by atoms with Gasteiger partial charge in [0.1, 0.15) is 0 Å². The summed E-state index contributed by atoms with van der Waals surface area (Å²) in [5.74, 6) is -1.88. The molecule has 0 radical (unpaired) electrons. The molecule has 1 unspecified atom stereocenters. The third-order valence-electron chi connectivity index (χ3n) is 4.42. The van der Waals surface area contributed by atoms with Gasteiger partial charge in [-0.3, -0.25) is 4.79 Å². The van der Waals surface area contributed by atoms with Gasteiger partial charge in [0.2, 0.25) is 0 Å². The number of nitrogens with zero attached hydrogens (tertiary/aromatic N) is 1. The van der Waals surface area contributed by atoms with E-state index in [9.17, 15) is 13.6 Å². The molecular weight excluding hydrogens is 354 g/mol. The summed E-state index contributed by atoms with van der Waals surface area (Å²) in [6.07, 6.45) is 1.96. The molecule has 2 rings (SSSR count). The molecule has 1 aromatic heterocycles. The number of benzene rings is 1. The van der Waals surface area contributed by atoms with Crippen molar-refractivity contribution in [3.8, 4) is 10.4 Å². The molecule has 3 nitrogen and oxygen atoms in total. The van der Waals surface area contributed by atoms with Crippen LogP contribution in [0.1, 0.15) is 43.3 Å². The van der Waals surface area contributed by atoms with Gasteiger partial charge < -0.3 is 10.2 Å². The Kier molecular flexibility index (Phi) is 7.72. The third kappa shape index (κ3) is 5.61. The van der Waals surface area contributed by atoms with Crippen molar-refractivity contribution in [3.63, 3.8) is 0 Å². The van der Waals surface area contributed by atoms with E-state index in [-0.39, 0.29) is 11.9 Å². The van der Waals surface area contributed by atoms with E-state index in [2.05, 4.69) is 24.1 Å². The van der Waals surface area contributed by atoms with Crippen LogP contribution in [0.5, 0.6) is 0 Å². The van der Waals surface area contributed by atoms with Crippen LogP contribution in [0.2, 0.25) is 0 Å². The SMILES string of the molecule is CCN(CC)CCCC(C)NC(=O)c1ccc(-c2ccc(F)c(F)c2)s1. The Hall–Kier alpha value is -1.79. The number of thiophene rings is 1. The average molecular weight is 381 g/mol. The van der Waals surface area contributed by atoms with E-state index >= 15 is 0 Å². The number of carbonyl (C=O) groups is 1. The molecule has 0 aliphatic heterocycles. The highest BCUT2D eigenvalue weighted by molar-refractivity contribution is 7.17. The van der Waals surface area contributed by atoms with Crippen LogP contribution in [-0.2, 0) is 0 Å². The van der Waals surface area contributed by atoms with Crippen molar-refractivity contribution in [1.29, 1.82) is 0 Å². The summed E-state index contributed by atoms with van der Waals surface area (Å²) < 4.78 is 26.4. The predicted octanol–water partition coefficient (Wildman–Crippen LogP) is 4.93. The Balaban J connectivity index is 1.90. The van der Waals surface area contributed by atoms with Crippen LogP contribution < -0.4 is 5.32 Å². The second kappa shape index (κ2) is 9.78. The molecule has 0 aliphatic carbocycles. The molecule has 6 heteroatoms. The summed E-state index contributed by atoms with van der Waals surface area (Å²) in [5, 5.41) is 3.01. The summed E-state index contributed by atoms with van der Waals surface area (Å²) in [7, 11) is 0. The fourth-order valence-electron chi connectivity index (χ4n) is 2.79. The van der Waals surface area contributed by atoms with Gasteiger partial charge in [0.15, 0.2) is 11.6 Å². The summed E-state index contributed by atoms with van der Waals surface area (Å²) in [4.78, 5) is 16.1. The zero-order valence-electron chi connectivity index (χ0n) is 15.5. The Labute approximate surface area is 158 Å². The first kappa shape index (κ1) is 20.5. The molecule has 2 aromatic rings. The number of halogens is 2. The van der Waals surface area contributed by atoms with Crippen LogP contribution in [0.4, 0.5) is 8.78 Å². The lowest BCUT2D eigenvalue weighted by Gasteiger charge is -2.19. The third-order valence-corrected chi connectivity index (χ3v) is 5.55. The van der Waals surface area contributed by atoms with Crippen molar-refractivity contribution in [3.05, 3.63) is 46.8 Å². The molecule has 0 fully saturated rings. The van der Waals surface area contributed by atoms with Crippen molar-refractivity contribution in [2.75, 3.05) is 19.6 Å². The average Bonchev–Trinajstić information content (AvgIpc) is 3.11. The number of nitrogens with one attached hydrogen (secondary N) is 1. The van der Waals surface area contributed by atoms with Gasteiger partial charge in [-0.2, -0.15) is 0 Å². The lowest BCUT2D eigenvalue weighted by molar-refractivity contribution is 0.0941. The van der Waals surface area contributed by atoms with Crippen molar-refractivity contribution >= 4 is 17.2 Å². The minimum absolute atomic E-state index is 0.0897. The Morgan fingerprint density at radius 2 is 1.88 bits per heavy atom. The van der Waals surface area contributed by atoms with E-state index in [0.29, 0.717) is 10.4 Å². The fraction of sp³-hybridized carbons (Fsp3) is 0.450. The largest absolute Gasteiger partial charge is 0.349 e. The normalized spacial score (nSPS) is 12.4. The van der Waals surface area contributed by atoms with E-state index in [1.807, 2.05) is 6.92 Å². The molecule has 26 heavy (non-hydrogen) atoms. The molecular formula is C20H26F2N2OS. The van der Waals surface area contributed by atoms with Crippen molar-refractivity contribution < 1.29 is 13.6 Å². The maximum Gasteiger partial charge on any atom is 0.261 e. The van der Waals surface area contributed by atoms with E-state index in [4.69, 9.17) is 0 Å². The highest BCUT2D eigenvalue weighted by atomic mass is 32.1. The quantitative estimate of drug-likeness (QED) is 0.669. The summed E-state index contributed by atoms with van der Waals surface area (Å²) in [6, 6.07) is 7.34. The summed E-state index contributed by atoms with van der Waals surface area (Å²) in [5.41, 5.74) is 0.570. The van der Waals surface area contributed by atoms with Crippen LogP contribution in [0.3, 0.4) is 0 Å². The van der Waals surface area contributed by atoms with Crippen LogP contribution in [0.25, 0.3) is 10.4 Å². The van der Waals surface area contributed by atoms with Gasteiger partial charge in [-0.1, -0.05) is 19.9 Å². The first-order valence-corrected chi connectivity index (χ1v) is 9.84. The molecule has 142 valence electrons. The Morgan fingerprint density at radius 3 is 2.54 bits per heavy atom. The molecule has 0 spiro atoms. The molecule has 0 aliphatic rings. The van der Waals surface area contributed by atoms with Crippen LogP contribution in [-0.4, -0.2) is 36.5 Å². The second-order valence-corrected chi connectivity index (χ2v) is 7.42. The van der Waals surface area contributed by atoms with E-state index in [0.717, 1.165) is 49.5 Å². The van der Waals surface area contributed by atoms with Crippen LogP contribution in [0.15, 0.2) is 30.3 Å². The maximum absolute atomic E-state index is 13.4. The number of hydrogen-bond donors (Lipinski definition) is 1. The van der Waals surface area contributed by atoms with Crippen LogP contribution in [0, 0.1) is 11.6 Å². The molecule has 0 saturated carbocycles. The highest BCUT2D eigenvalue weighted by Gasteiger charge is 2.14. The van der Waals surface area contributed by atoms with Gasteiger partial charge in [-0.05, 0) is 69.2 Å². The second-order valence-electron chi connectivity index (χ2n) is 6.34. The topological polar surface area (TPSA) is 32.3 Å². The first-order chi connectivity index (χ1) is 12.4. The lowest BCUT2D eigenvalue weighted by Crippen LogP contribution is -2.33. The van der Waals surface area contributed by atoms with Crippen molar-refractivity contribution in [2.24, 2.45) is 0 Å². The number of hydrogen-bond acceptors (Lipinski definition) is 3. The number of rotatable bonds is 9. The van der Waals surface area contributed by atoms with Gasteiger partial charge in [-0.15, -0.1) is 11.3 Å². The minimum Gasteiger partial charge on any atom is -0.349 e. The summed E-state index contributed by atoms with van der Waals surface area (Å²) >= 11 is 1.28. The van der Waals surface area contributed by atoms with Gasteiger partial charge in [-0.25, -0.2) is 8.78 Å². The molecule has 1 aromatic carbocycles. The zero-order valence-corrected chi connectivity index (χ0v) is 16.3. The smallest absolute Gasteiger partial charge is 0.261 e. The molecule has 0 saturated heterocycles. The first-order valence-electron chi connectivity index (χ1n) is 9.03. The Morgan fingerprint density at radius 1 is 1.15 bits per heavy atom. The van der Waals surface area contributed by atoms with Crippen LogP contribution >= 0.6 is 11.3 Å². The molecule has 1 heterocycles. The molecule has 1 amide bonds. The van der Waals surface area contributed by atoms with E-state index < -0.39 is 11.6 Å². The van der Waals surface area contributed by atoms with Crippen molar-refractivity contribution in [1.82, 2.24) is 10.2 Å². The van der Waals surface area contributed by atoms with E-state index in [1.165, 1.54) is 17.4 Å². The highest BCUT2D eigenvalue weighted by Crippen LogP contribution is 2.29. The minimum atomic E-state index is -0.885. The monoisotopic (exact) mass is 380 g/mol. The predicted molar refractivity (Wildman–Crippen MR) is 104 cm³/mol. The molecule has 0 bridgehead atoms. The molecule has 1 atom stereocenters. The lowest BCUT2D eigenvalue weighted by atomic mass is 10.1. The number of carbonyl (C=O) groups excluding carboxylic acids is 1. The van der Waals surface area contributed by atoms with Gasteiger partial charge in [0, 0.05) is 10.9 Å². The number of amides is 1. The zero-order chi connectivity index (χ0) is 19.1. The Bertz CT molecular complexity index is 728. The maximum atomic E-state index is 13.4. The van der Waals surface area contributed by atoms with Gasteiger partial charge in [0.25, 0.3) is 5.91 Å². The molecule has 1 N–H and O–H groups in total.